The minimum Gasteiger partial charge on any atom is -0.354 e. The molecule has 0 spiro atoms. The summed E-state index contributed by atoms with van der Waals surface area (Å²) in [6.07, 6.45) is 3.40. The lowest BCUT2D eigenvalue weighted by molar-refractivity contribution is 0.935. The van der Waals surface area contributed by atoms with Crippen molar-refractivity contribution in [1.29, 1.82) is 0 Å². The number of nitrogens with one attached hydrogen (secondary N) is 1. The monoisotopic (exact) mass is 171 g/mol. The first-order chi connectivity index (χ1) is 5.33. The van der Waals surface area contributed by atoms with E-state index >= 15 is 0 Å². The molecule has 4 nitrogen and oxygen atoms in total. The minimum atomic E-state index is 0.165. The SMILES string of the molecule is CCCNc1n[c]nc(Cl)n1. The van der Waals surface area contributed by atoms with Crippen LogP contribution in [0.15, 0.2) is 0 Å². The Balaban J connectivity index is 2.56. The number of hydrogen-bond donors (Lipinski definition) is 1. The van der Waals surface area contributed by atoms with E-state index in [1.165, 1.54) is 0 Å². The molecule has 59 valence electrons. The Morgan fingerprint density at radius 3 is 3.00 bits per heavy atom. The van der Waals surface area contributed by atoms with E-state index in [1.54, 1.807) is 0 Å². The Hall–Kier alpha value is -0.900. The number of anilines is 1. The van der Waals surface area contributed by atoms with Crippen LogP contribution in [0.4, 0.5) is 5.95 Å². The van der Waals surface area contributed by atoms with Crippen molar-refractivity contribution in [2.75, 3.05) is 11.9 Å². The Labute approximate surface area is 70.0 Å². The van der Waals surface area contributed by atoms with Gasteiger partial charge >= 0.3 is 0 Å². The first-order valence-electron chi connectivity index (χ1n) is 3.34. The zero-order valence-electron chi connectivity index (χ0n) is 6.13. The van der Waals surface area contributed by atoms with Crippen molar-refractivity contribution in [3.8, 4) is 0 Å². The third-order valence-electron chi connectivity index (χ3n) is 1.03. The normalized spacial score (nSPS) is 9.64. The number of rotatable bonds is 3. The molecule has 0 saturated carbocycles. The maximum atomic E-state index is 5.49. The van der Waals surface area contributed by atoms with Crippen LogP contribution in [0.1, 0.15) is 13.3 Å². The average molecular weight is 172 g/mol. The van der Waals surface area contributed by atoms with E-state index in [1.807, 2.05) is 0 Å². The van der Waals surface area contributed by atoms with Gasteiger partial charge in [0.05, 0.1) is 0 Å². The van der Waals surface area contributed by atoms with Gasteiger partial charge in [-0.1, -0.05) is 6.92 Å². The van der Waals surface area contributed by atoms with Gasteiger partial charge in [-0.15, -0.1) is 0 Å². The van der Waals surface area contributed by atoms with Crippen molar-refractivity contribution in [3.63, 3.8) is 0 Å². The van der Waals surface area contributed by atoms with Crippen LogP contribution in [-0.2, 0) is 0 Å². The van der Waals surface area contributed by atoms with Crippen molar-refractivity contribution in [1.82, 2.24) is 15.0 Å². The summed E-state index contributed by atoms with van der Waals surface area (Å²) in [5, 5.41) is 3.12. The molecule has 1 N–H and O–H groups in total. The van der Waals surface area contributed by atoms with Crippen molar-refractivity contribution in [2.24, 2.45) is 0 Å². The van der Waals surface area contributed by atoms with Crippen molar-refractivity contribution >= 4 is 17.5 Å². The average Bonchev–Trinajstić information content (AvgIpc) is 2.01. The smallest absolute Gasteiger partial charge is 0.227 e. The maximum absolute atomic E-state index is 5.49. The second-order valence-electron chi connectivity index (χ2n) is 1.95. The molecule has 0 amide bonds. The highest BCUT2D eigenvalue weighted by atomic mass is 35.5. The fourth-order valence-electron chi connectivity index (χ4n) is 0.567. The topological polar surface area (TPSA) is 50.7 Å². The van der Waals surface area contributed by atoms with Gasteiger partial charge in [-0.3, -0.25) is 0 Å². The Morgan fingerprint density at radius 2 is 2.36 bits per heavy atom. The molecular weight excluding hydrogens is 164 g/mol. The zero-order valence-corrected chi connectivity index (χ0v) is 6.89. The third-order valence-corrected chi connectivity index (χ3v) is 1.20. The van der Waals surface area contributed by atoms with Gasteiger partial charge in [0.2, 0.25) is 17.6 Å². The molecule has 1 heterocycles. The quantitative estimate of drug-likeness (QED) is 0.741. The molecule has 0 bridgehead atoms. The summed E-state index contributed by atoms with van der Waals surface area (Å²) in [5.41, 5.74) is 0. The van der Waals surface area contributed by atoms with Gasteiger partial charge in [0.15, 0.2) is 0 Å². The van der Waals surface area contributed by atoms with E-state index in [0.717, 1.165) is 13.0 Å². The molecule has 0 aliphatic rings. The molecule has 0 saturated heterocycles. The number of halogens is 1. The molecule has 0 unspecified atom stereocenters. The van der Waals surface area contributed by atoms with Crippen molar-refractivity contribution < 1.29 is 0 Å². The zero-order chi connectivity index (χ0) is 8.10. The largest absolute Gasteiger partial charge is 0.354 e. The van der Waals surface area contributed by atoms with Gasteiger partial charge in [0, 0.05) is 6.54 Å². The Bertz CT molecular complexity index is 228. The highest BCUT2D eigenvalue weighted by Gasteiger charge is 1.95. The second kappa shape index (κ2) is 4.08. The van der Waals surface area contributed by atoms with E-state index in [9.17, 15) is 0 Å². The molecule has 0 atom stereocenters. The van der Waals surface area contributed by atoms with Crippen LogP contribution in [-0.4, -0.2) is 21.5 Å². The number of hydrogen-bond acceptors (Lipinski definition) is 4. The van der Waals surface area contributed by atoms with Gasteiger partial charge in [-0.2, -0.15) is 15.0 Å². The lowest BCUT2D eigenvalue weighted by atomic mass is 10.5. The molecule has 0 aliphatic heterocycles. The summed E-state index contributed by atoms with van der Waals surface area (Å²) >= 11 is 5.49. The summed E-state index contributed by atoms with van der Waals surface area (Å²) in [6.45, 7) is 2.88. The Kier molecular flexibility index (Phi) is 3.04. The van der Waals surface area contributed by atoms with Gasteiger partial charge in [-0.25, -0.2) is 0 Å². The lowest BCUT2D eigenvalue weighted by Gasteiger charge is -1.99. The van der Waals surface area contributed by atoms with Crippen LogP contribution < -0.4 is 5.32 Å². The predicted octanol–water partition coefficient (Wildman–Crippen LogP) is 1.15. The van der Waals surface area contributed by atoms with E-state index < -0.39 is 0 Å². The van der Waals surface area contributed by atoms with Crippen molar-refractivity contribution in [2.45, 2.75) is 13.3 Å². The molecular formula is C6H8ClN4. The number of nitrogens with zero attached hydrogens (tertiary/aromatic N) is 3. The molecule has 1 radical (unpaired) electrons. The van der Waals surface area contributed by atoms with Crippen molar-refractivity contribution in [3.05, 3.63) is 11.6 Å². The fourth-order valence-corrected chi connectivity index (χ4v) is 0.685. The summed E-state index contributed by atoms with van der Waals surface area (Å²) in [5.74, 6) is 0.479. The fraction of sp³-hybridized carbons (Fsp3) is 0.500. The van der Waals surface area contributed by atoms with E-state index in [-0.39, 0.29) is 5.28 Å². The summed E-state index contributed by atoms with van der Waals surface area (Å²) < 4.78 is 0. The molecule has 0 aliphatic carbocycles. The summed E-state index contributed by atoms with van der Waals surface area (Å²) in [6, 6.07) is 0. The third kappa shape index (κ3) is 2.67. The van der Waals surface area contributed by atoms with Crippen LogP contribution in [0.2, 0.25) is 5.28 Å². The van der Waals surface area contributed by atoms with Crippen LogP contribution >= 0.6 is 11.6 Å². The maximum Gasteiger partial charge on any atom is 0.227 e. The van der Waals surface area contributed by atoms with Gasteiger partial charge < -0.3 is 5.32 Å². The van der Waals surface area contributed by atoms with Crippen LogP contribution in [0, 0.1) is 6.33 Å². The first-order valence-corrected chi connectivity index (χ1v) is 3.72. The standard InChI is InChI=1S/C6H8ClN4/c1-2-3-8-6-10-4-9-5(7)11-6/h2-3H2,1H3,(H,8,9,10,11). The van der Waals surface area contributed by atoms with Gasteiger partial charge in [0.1, 0.15) is 0 Å². The summed E-state index contributed by atoms with van der Waals surface area (Å²) in [4.78, 5) is 11.1. The first kappa shape index (κ1) is 8.20. The van der Waals surface area contributed by atoms with E-state index in [0.29, 0.717) is 5.95 Å². The van der Waals surface area contributed by atoms with Crippen LogP contribution in [0.5, 0.6) is 0 Å². The van der Waals surface area contributed by atoms with Crippen LogP contribution in [0.25, 0.3) is 0 Å². The molecule has 5 heteroatoms. The minimum absolute atomic E-state index is 0.165. The van der Waals surface area contributed by atoms with Gasteiger partial charge in [-0.05, 0) is 18.0 Å². The van der Waals surface area contributed by atoms with E-state index in [2.05, 4.69) is 33.5 Å². The predicted molar refractivity (Wildman–Crippen MR) is 42.5 cm³/mol. The molecule has 1 aromatic heterocycles. The summed E-state index contributed by atoms with van der Waals surface area (Å²) in [7, 11) is 0. The molecule has 1 aromatic rings. The van der Waals surface area contributed by atoms with E-state index in [4.69, 9.17) is 11.6 Å². The second-order valence-corrected chi connectivity index (χ2v) is 2.29. The molecule has 0 aromatic carbocycles. The molecule has 11 heavy (non-hydrogen) atoms. The number of aromatic nitrogens is 3. The highest BCUT2D eigenvalue weighted by Crippen LogP contribution is 2.00. The molecule has 0 fully saturated rings. The molecule has 1 rings (SSSR count). The van der Waals surface area contributed by atoms with Crippen LogP contribution in [0.3, 0.4) is 0 Å². The van der Waals surface area contributed by atoms with Gasteiger partial charge in [0.25, 0.3) is 0 Å². The lowest BCUT2D eigenvalue weighted by Crippen LogP contribution is -2.04. The Morgan fingerprint density at radius 1 is 1.55 bits per heavy atom. The highest BCUT2D eigenvalue weighted by molar-refractivity contribution is 6.28.